The number of hydrogen-bond acceptors (Lipinski definition) is 2. The molecular formula is C20H28O2. The maximum Gasteiger partial charge on any atom is 0.320 e. The fraction of sp³-hybridized carbons (Fsp3) is 0.550. The zero-order valence-corrected chi connectivity index (χ0v) is 13.9. The maximum absolute atomic E-state index is 12.3. The molecule has 2 heteroatoms. The van der Waals surface area contributed by atoms with E-state index in [1.165, 1.54) is 51.2 Å². The van der Waals surface area contributed by atoms with Crippen molar-refractivity contribution in [3.63, 3.8) is 0 Å². The van der Waals surface area contributed by atoms with Crippen molar-refractivity contribution in [3.8, 4) is 0 Å². The molecule has 0 aromatic heterocycles. The maximum atomic E-state index is 12.3. The summed E-state index contributed by atoms with van der Waals surface area (Å²) in [5.41, 5.74) is 1.81. The lowest BCUT2D eigenvalue weighted by atomic mass is 9.94. The summed E-state index contributed by atoms with van der Waals surface area (Å²) in [5, 5.41) is 0. The summed E-state index contributed by atoms with van der Waals surface area (Å²) in [4.78, 5) is 12.3. The number of hydrogen-bond donors (Lipinski definition) is 0. The van der Waals surface area contributed by atoms with Crippen LogP contribution < -0.4 is 0 Å². The molecule has 1 aliphatic rings. The van der Waals surface area contributed by atoms with E-state index in [2.05, 4.69) is 13.0 Å². The van der Waals surface area contributed by atoms with Gasteiger partial charge in [0.05, 0.1) is 7.11 Å². The Hall–Kier alpha value is -1.57. The minimum Gasteiger partial charge on any atom is -0.468 e. The first-order valence-corrected chi connectivity index (χ1v) is 8.59. The van der Waals surface area contributed by atoms with Crippen LogP contribution in [0.4, 0.5) is 0 Å². The Morgan fingerprint density at radius 1 is 1.14 bits per heavy atom. The van der Waals surface area contributed by atoms with E-state index in [4.69, 9.17) is 4.74 Å². The van der Waals surface area contributed by atoms with E-state index in [0.717, 1.165) is 18.4 Å². The summed E-state index contributed by atoms with van der Waals surface area (Å²) < 4.78 is 5.05. The molecule has 1 aliphatic carbocycles. The van der Waals surface area contributed by atoms with Crippen molar-refractivity contribution in [2.75, 3.05) is 7.11 Å². The fourth-order valence-electron chi connectivity index (χ4n) is 3.19. The standard InChI is InChI=1S/C20H28O2/c1-3-4-5-6-7-8-10-15-18-16-20(18,19(21)22-2)17-13-11-9-12-14-17/h9,11-15H,3-8,10,16H2,1-2H3/b18-15+. The third-order valence-electron chi connectivity index (χ3n) is 4.63. The average molecular weight is 300 g/mol. The molecule has 0 N–H and O–H groups in total. The van der Waals surface area contributed by atoms with Crippen LogP contribution in [0.3, 0.4) is 0 Å². The number of unbranched alkanes of at least 4 members (excludes halogenated alkanes) is 6. The molecule has 0 heterocycles. The molecule has 0 amide bonds. The second-order valence-electron chi connectivity index (χ2n) is 6.23. The molecule has 1 unspecified atom stereocenters. The number of ether oxygens (including phenoxy) is 1. The van der Waals surface area contributed by atoms with Gasteiger partial charge in [0.25, 0.3) is 0 Å². The lowest BCUT2D eigenvalue weighted by Gasteiger charge is -2.12. The molecule has 120 valence electrons. The Bertz CT molecular complexity index is 504. The predicted octanol–water partition coefficient (Wildman–Crippen LogP) is 5.18. The molecule has 0 saturated heterocycles. The Balaban J connectivity index is 1.90. The molecule has 1 aromatic carbocycles. The number of esters is 1. The molecule has 2 rings (SSSR count). The van der Waals surface area contributed by atoms with Crippen molar-refractivity contribution in [3.05, 3.63) is 47.5 Å². The van der Waals surface area contributed by atoms with E-state index >= 15 is 0 Å². The normalized spacial score (nSPS) is 21.8. The third kappa shape index (κ3) is 3.79. The van der Waals surface area contributed by atoms with Crippen LogP contribution in [0.25, 0.3) is 0 Å². The predicted molar refractivity (Wildman–Crippen MR) is 90.8 cm³/mol. The van der Waals surface area contributed by atoms with Gasteiger partial charge >= 0.3 is 5.97 Å². The smallest absolute Gasteiger partial charge is 0.320 e. The Morgan fingerprint density at radius 3 is 2.50 bits per heavy atom. The molecule has 22 heavy (non-hydrogen) atoms. The Kier molecular flexibility index (Phi) is 6.23. The highest BCUT2D eigenvalue weighted by atomic mass is 16.5. The van der Waals surface area contributed by atoms with Crippen LogP contribution in [-0.4, -0.2) is 13.1 Å². The molecule has 1 fully saturated rings. The second-order valence-corrected chi connectivity index (χ2v) is 6.23. The molecule has 0 bridgehead atoms. The van der Waals surface area contributed by atoms with Crippen LogP contribution in [0, 0.1) is 0 Å². The number of benzene rings is 1. The van der Waals surface area contributed by atoms with Gasteiger partial charge < -0.3 is 4.74 Å². The van der Waals surface area contributed by atoms with Gasteiger partial charge in [-0.25, -0.2) is 0 Å². The quantitative estimate of drug-likeness (QED) is 0.357. The van der Waals surface area contributed by atoms with Gasteiger partial charge in [-0.1, -0.05) is 81.0 Å². The van der Waals surface area contributed by atoms with Crippen LogP contribution in [-0.2, 0) is 14.9 Å². The van der Waals surface area contributed by atoms with Crippen molar-refractivity contribution in [2.45, 2.75) is 63.7 Å². The first-order chi connectivity index (χ1) is 10.8. The first-order valence-electron chi connectivity index (χ1n) is 8.59. The monoisotopic (exact) mass is 300 g/mol. The van der Waals surface area contributed by atoms with Gasteiger partial charge in [-0.15, -0.1) is 0 Å². The van der Waals surface area contributed by atoms with Crippen LogP contribution in [0.1, 0.15) is 63.9 Å². The molecule has 1 aromatic rings. The lowest BCUT2D eigenvalue weighted by molar-refractivity contribution is -0.143. The summed E-state index contributed by atoms with van der Waals surface area (Å²) in [6.45, 7) is 2.24. The van der Waals surface area contributed by atoms with E-state index in [-0.39, 0.29) is 5.97 Å². The zero-order chi connectivity index (χ0) is 15.8. The van der Waals surface area contributed by atoms with Crippen LogP contribution in [0.5, 0.6) is 0 Å². The molecule has 1 saturated carbocycles. The summed E-state index contributed by atoms with van der Waals surface area (Å²) in [5.74, 6) is -0.118. The molecule has 0 radical (unpaired) electrons. The van der Waals surface area contributed by atoms with Crippen molar-refractivity contribution in [1.29, 1.82) is 0 Å². The number of carbonyl (C=O) groups excluding carboxylic acids is 1. The van der Waals surface area contributed by atoms with Crippen LogP contribution in [0.2, 0.25) is 0 Å². The highest BCUT2D eigenvalue weighted by Crippen LogP contribution is 2.54. The number of methoxy groups -OCH3 is 1. The minimum atomic E-state index is -0.488. The summed E-state index contributed by atoms with van der Waals surface area (Å²) in [6.07, 6.45) is 12.0. The summed E-state index contributed by atoms with van der Waals surface area (Å²) >= 11 is 0. The van der Waals surface area contributed by atoms with Crippen LogP contribution in [0.15, 0.2) is 42.0 Å². The van der Waals surface area contributed by atoms with E-state index < -0.39 is 5.41 Å². The minimum absolute atomic E-state index is 0.118. The van der Waals surface area contributed by atoms with Crippen LogP contribution >= 0.6 is 0 Å². The summed E-state index contributed by atoms with van der Waals surface area (Å²) in [6, 6.07) is 10.0. The summed E-state index contributed by atoms with van der Waals surface area (Å²) in [7, 11) is 1.48. The van der Waals surface area contributed by atoms with Gasteiger partial charge in [0, 0.05) is 0 Å². The third-order valence-corrected chi connectivity index (χ3v) is 4.63. The number of carbonyl (C=O) groups is 1. The second kappa shape index (κ2) is 8.17. The van der Waals surface area contributed by atoms with E-state index in [1.54, 1.807) is 0 Å². The van der Waals surface area contributed by atoms with Gasteiger partial charge in [-0.2, -0.15) is 0 Å². The number of rotatable bonds is 9. The van der Waals surface area contributed by atoms with Crippen molar-refractivity contribution in [1.82, 2.24) is 0 Å². The van der Waals surface area contributed by atoms with Crippen molar-refractivity contribution in [2.24, 2.45) is 0 Å². The highest BCUT2D eigenvalue weighted by molar-refractivity contribution is 5.93. The largest absolute Gasteiger partial charge is 0.468 e. The topological polar surface area (TPSA) is 26.3 Å². The number of allylic oxidation sites excluding steroid dienone is 1. The molecule has 1 atom stereocenters. The Morgan fingerprint density at radius 2 is 1.82 bits per heavy atom. The van der Waals surface area contributed by atoms with E-state index in [9.17, 15) is 4.79 Å². The molecule has 0 spiro atoms. The van der Waals surface area contributed by atoms with Gasteiger partial charge in [-0.05, 0) is 24.8 Å². The molecular weight excluding hydrogens is 272 g/mol. The van der Waals surface area contributed by atoms with Gasteiger partial charge in [0.2, 0.25) is 0 Å². The van der Waals surface area contributed by atoms with Gasteiger partial charge in [0.15, 0.2) is 0 Å². The van der Waals surface area contributed by atoms with Crippen molar-refractivity contribution < 1.29 is 9.53 Å². The first kappa shape index (κ1) is 16.8. The zero-order valence-electron chi connectivity index (χ0n) is 13.9. The molecule has 2 nitrogen and oxygen atoms in total. The van der Waals surface area contributed by atoms with Crippen molar-refractivity contribution >= 4 is 5.97 Å². The van der Waals surface area contributed by atoms with Gasteiger partial charge in [-0.3, -0.25) is 4.79 Å². The highest BCUT2D eigenvalue weighted by Gasteiger charge is 2.57. The Labute approximate surface area is 134 Å². The average Bonchev–Trinajstić information content (AvgIpc) is 3.29. The fourth-order valence-corrected chi connectivity index (χ4v) is 3.19. The SMILES string of the molecule is CCCCCCCC/C=C1\CC1(C(=O)OC)c1ccccc1. The van der Waals surface area contributed by atoms with E-state index in [0.29, 0.717) is 0 Å². The van der Waals surface area contributed by atoms with E-state index in [1.807, 2.05) is 30.3 Å². The van der Waals surface area contributed by atoms with Gasteiger partial charge in [0.1, 0.15) is 5.41 Å². The lowest BCUT2D eigenvalue weighted by Crippen LogP contribution is -2.22. The molecule has 0 aliphatic heterocycles.